The molecule has 0 aliphatic carbocycles. The fraction of sp³-hybridized carbons (Fsp3) is 0.257. The van der Waals surface area contributed by atoms with Crippen molar-refractivity contribution >= 4 is 29.5 Å². The van der Waals surface area contributed by atoms with Gasteiger partial charge in [0.2, 0.25) is 17.7 Å². The maximum Gasteiger partial charge on any atom is 0.248 e. The Hall–Kier alpha value is -4.63. The summed E-state index contributed by atoms with van der Waals surface area (Å²) in [5, 5.41) is 13.3. The number of hydrogen-bond acceptors (Lipinski definition) is 6. The monoisotopic (exact) mass is 610 g/mol. The Bertz CT molecular complexity index is 1560. The predicted octanol–water partition coefficient (Wildman–Crippen LogP) is 5.16. The molecule has 0 unspecified atom stereocenters. The first kappa shape index (κ1) is 32.3. The lowest BCUT2D eigenvalue weighted by Gasteiger charge is -2.32. The summed E-state index contributed by atoms with van der Waals surface area (Å²) in [4.78, 5) is 47.2. The number of carbonyl (C=O) groups is 3. The molecule has 0 bridgehead atoms. The van der Waals surface area contributed by atoms with Crippen LogP contribution >= 0.6 is 11.8 Å². The van der Waals surface area contributed by atoms with Gasteiger partial charge in [-0.1, -0.05) is 93.6 Å². The maximum absolute atomic E-state index is 14.2. The van der Waals surface area contributed by atoms with Crippen LogP contribution in [0, 0.1) is 0 Å². The lowest BCUT2D eigenvalue weighted by Crippen LogP contribution is -2.51. The van der Waals surface area contributed by atoms with Gasteiger partial charge in [-0.2, -0.15) is 0 Å². The minimum Gasteiger partial charge on any atom is -0.508 e. The Labute approximate surface area is 262 Å². The minimum absolute atomic E-state index is 0.0931. The van der Waals surface area contributed by atoms with Crippen molar-refractivity contribution in [1.29, 1.82) is 0 Å². The molecule has 0 fully saturated rings. The first-order valence-corrected chi connectivity index (χ1v) is 15.3. The van der Waals surface area contributed by atoms with Crippen LogP contribution in [0.1, 0.15) is 49.1 Å². The normalized spacial score (nSPS) is 12.6. The minimum atomic E-state index is -1.05. The van der Waals surface area contributed by atoms with Crippen LogP contribution in [0.25, 0.3) is 0 Å². The molecular weight excluding hydrogens is 572 g/mol. The van der Waals surface area contributed by atoms with Crippen LogP contribution in [-0.2, 0) is 32.8 Å². The van der Waals surface area contributed by atoms with E-state index in [0.717, 1.165) is 21.6 Å². The summed E-state index contributed by atoms with van der Waals surface area (Å²) in [6.07, 6.45) is 3.45. The van der Waals surface area contributed by atoms with Crippen molar-refractivity contribution < 1.29 is 19.5 Å². The van der Waals surface area contributed by atoms with E-state index < -0.39 is 23.9 Å². The van der Waals surface area contributed by atoms with Crippen LogP contribution < -0.4 is 11.1 Å². The van der Waals surface area contributed by atoms with Gasteiger partial charge in [0.05, 0.1) is 5.75 Å². The molecular formula is C35H38N4O4S. The summed E-state index contributed by atoms with van der Waals surface area (Å²) < 4.78 is 0. The van der Waals surface area contributed by atoms with E-state index in [-0.39, 0.29) is 35.8 Å². The number of aromatic hydroxyl groups is 1. The third kappa shape index (κ3) is 8.70. The van der Waals surface area contributed by atoms with Crippen molar-refractivity contribution in [3.63, 3.8) is 0 Å². The predicted molar refractivity (Wildman–Crippen MR) is 173 cm³/mol. The molecule has 0 saturated heterocycles. The Morgan fingerprint density at radius 3 is 2.16 bits per heavy atom. The third-order valence-corrected chi connectivity index (χ3v) is 8.17. The van der Waals surface area contributed by atoms with E-state index in [1.54, 1.807) is 41.6 Å². The maximum atomic E-state index is 14.2. The highest BCUT2D eigenvalue weighted by molar-refractivity contribution is 8.00. The van der Waals surface area contributed by atoms with Crippen LogP contribution in [0.15, 0.2) is 108 Å². The number of aromatic nitrogens is 1. The molecule has 4 N–H and O–H groups in total. The zero-order valence-corrected chi connectivity index (χ0v) is 26.0. The Balaban J connectivity index is 1.66. The van der Waals surface area contributed by atoms with Crippen molar-refractivity contribution in [2.75, 3.05) is 5.75 Å². The molecule has 9 heteroatoms. The first-order valence-electron chi connectivity index (χ1n) is 14.4. The van der Waals surface area contributed by atoms with Gasteiger partial charge in [-0.25, -0.2) is 0 Å². The number of pyridine rings is 1. The number of nitrogens with one attached hydrogen (secondary N) is 1. The third-order valence-electron chi connectivity index (χ3n) is 7.17. The molecule has 4 aromatic rings. The fourth-order valence-electron chi connectivity index (χ4n) is 4.89. The van der Waals surface area contributed by atoms with E-state index in [1.165, 1.54) is 11.8 Å². The zero-order chi connectivity index (χ0) is 31.7. The van der Waals surface area contributed by atoms with Crippen LogP contribution in [-0.4, -0.2) is 44.5 Å². The SMILES string of the molecule is CC(C)(C)c1cc(C[C@H](NC(=O)[C@H](c2ccccc2)N(Cc2ccccc2)C(=O)CSc2ccncc2)C(N)=O)ccc1O. The van der Waals surface area contributed by atoms with Crippen LogP contribution in [0.5, 0.6) is 5.75 Å². The number of primary amides is 1. The Morgan fingerprint density at radius 2 is 1.55 bits per heavy atom. The number of thioether (sulfide) groups is 1. The van der Waals surface area contributed by atoms with Crippen LogP contribution in [0.2, 0.25) is 0 Å². The molecule has 4 rings (SSSR count). The molecule has 228 valence electrons. The average Bonchev–Trinajstić information content (AvgIpc) is 3.01. The lowest BCUT2D eigenvalue weighted by atomic mass is 9.84. The molecule has 0 spiro atoms. The quantitative estimate of drug-likeness (QED) is 0.190. The smallest absolute Gasteiger partial charge is 0.248 e. The van der Waals surface area contributed by atoms with Gasteiger partial charge >= 0.3 is 0 Å². The van der Waals surface area contributed by atoms with E-state index in [0.29, 0.717) is 5.56 Å². The van der Waals surface area contributed by atoms with Crippen molar-refractivity contribution in [2.24, 2.45) is 5.73 Å². The van der Waals surface area contributed by atoms with Gasteiger partial charge in [0, 0.05) is 30.3 Å². The van der Waals surface area contributed by atoms with Crippen molar-refractivity contribution in [3.05, 3.63) is 126 Å². The highest BCUT2D eigenvalue weighted by Gasteiger charge is 2.34. The van der Waals surface area contributed by atoms with E-state index in [4.69, 9.17) is 5.73 Å². The second-order valence-corrected chi connectivity index (χ2v) is 12.6. The summed E-state index contributed by atoms with van der Waals surface area (Å²) in [7, 11) is 0. The number of phenols is 1. The Kier molecular flexibility index (Phi) is 10.8. The van der Waals surface area contributed by atoms with Gasteiger partial charge in [-0.3, -0.25) is 19.4 Å². The van der Waals surface area contributed by atoms with Gasteiger partial charge in [-0.05, 0) is 45.9 Å². The van der Waals surface area contributed by atoms with Crippen molar-refractivity contribution in [3.8, 4) is 5.75 Å². The van der Waals surface area contributed by atoms with E-state index in [1.807, 2.05) is 87.5 Å². The molecule has 3 amide bonds. The van der Waals surface area contributed by atoms with E-state index in [2.05, 4.69) is 10.3 Å². The largest absolute Gasteiger partial charge is 0.508 e. The molecule has 1 aromatic heterocycles. The summed E-state index contributed by atoms with van der Waals surface area (Å²) in [5.74, 6) is -1.22. The molecule has 0 saturated carbocycles. The van der Waals surface area contributed by atoms with E-state index >= 15 is 0 Å². The van der Waals surface area contributed by atoms with Gasteiger partial charge in [0.1, 0.15) is 17.8 Å². The number of rotatable bonds is 12. The molecule has 44 heavy (non-hydrogen) atoms. The first-order chi connectivity index (χ1) is 21.0. The number of phenolic OH excluding ortho intramolecular Hbond substituents is 1. The molecule has 0 aliphatic rings. The summed E-state index contributed by atoms with van der Waals surface area (Å²) in [6.45, 7) is 6.12. The van der Waals surface area contributed by atoms with Gasteiger partial charge < -0.3 is 21.1 Å². The molecule has 8 nitrogen and oxygen atoms in total. The summed E-state index contributed by atoms with van der Waals surface area (Å²) >= 11 is 1.36. The standard InChI is InChI=1S/C35H38N4O4S/c1-35(2,3)28-20-25(14-15-30(28)40)21-29(33(36)42)38-34(43)32(26-12-8-5-9-13-26)39(22-24-10-6-4-7-11-24)31(41)23-44-27-16-18-37-19-17-27/h4-20,29,32,40H,21-23H2,1-3H3,(H2,36,42)(H,38,43)/t29-,32-/m0/s1. The fourth-order valence-corrected chi connectivity index (χ4v) is 5.66. The highest BCUT2D eigenvalue weighted by Crippen LogP contribution is 2.32. The molecule has 2 atom stereocenters. The van der Waals surface area contributed by atoms with Crippen LogP contribution in [0.4, 0.5) is 0 Å². The number of carbonyl (C=O) groups excluding carboxylic acids is 3. The number of nitrogens with two attached hydrogens (primary N) is 1. The second-order valence-electron chi connectivity index (χ2n) is 11.6. The molecule has 1 heterocycles. The topological polar surface area (TPSA) is 126 Å². The molecule has 0 aliphatic heterocycles. The molecule has 0 radical (unpaired) electrons. The van der Waals surface area contributed by atoms with Crippen LogP contribution in [0.3, 0.4) is 0 Å². The number of amides is 3. The van der Waals surface area contributed by atoms with Crippen molar-refractivity contribution in [1.82, 2.24) is 15.2 Å². The lowest BCUT2D eigenvalue weighted by molar-refractivity contribution is -0.140. The highest BCUT2D eigenvalue weighted by atomic mass is 32.2. The number of benzene rings is 3. The molecule has 3 aromatic carbocycles. The summed E-state index contributed by atoms with van der Waals surface area (Å²) in [6, 6.07) is 25.2. The zero-order valence-electron chi connectivity index (χ0n) is 25.1. The number of nitrogens with zero attached hydrogens (tertiary/aromatic N) is 2. The summed E-state index contributed by atoms with van der Waals surface area (Å²) in [5.41, 5.74) is 8.38. The second kappa shape index (κ2) is 14.7. The van der Waals surface area contributed by atoms with Gasteiger partial charge in [0.15, 0.2) is 0 Å². The number of hydrogen-bond donors (Lipinski definition) is 3. The van der Waals surface area contributed by atoms with E-state index in [9.17, 15) is 19.5 Å². The van der Waals surface area contributed by atoms with Gasteiger partial charge in [-0.15, -0.1) is 11.8 Å². The van der Waals surface area contributed by atoms with Crippen molar-refractivity contribution in [2.45, 2.75) is 56.1 Å². The Morgan fingerprint density at radius 1 is 0.909 bits per heavy atom. The average molecular weight is 611 g/mol. The van der Waals surface area contributed by atoms with Gasteiger partial charge in [0.25, 0.3) is 0 Å².